The van der Waals surface area contributed by atoms with Gasteiger partial charge in [-0.25, -0.2) is 8.42 Å². The molecule has 1 aliphatic heterocycles. The molecule has 3 rings (SSSR count). The number of hydrogen-bond donors (Lipinski definition) is 0. The van der Waals surface area contributed by atoms with Crippen LogP contribution < -0.4 is 4.90 Å². The molecule has 1 atom stereocenters. The third-order valence-corrected chi connectivity index (χ3v) is 5.39. The average Bonchev–Trinajstić information content (AvgIpc) is 3.00. The second-order valence-electron chi connectivity index (χ2n) is 6.30. The topological polar surface area (TPSA) is 53.0 Å². The Morgan fingerprint density at radius 1 is 1.16 bits per heavy atom. The Hall–Kier alpha value is -2.05. The predicted molar refractivity (Wildman–Crippen MR) is 103 cm³/mol. The highest BCUT2D eigenvalue weighted by Crippen LogP contribution is 2.35. The summed E-state index contributed by atoms with van der Waals surface area (Å²) in [6.45, 7) is 0. The summed E-state index contributed by atoms with van der Waals surface area (Å²) >= 11 is 6.08. The monoisotopic (exact) mass is 377 g/mol. The first kappa shape index (κ1) is 17.8. The largest absolute Gasteiger partial charge is 0.378 e. The minimum Gasteiger partial charge on any atom is -0.378 e. The van der Waals surface area contributed by atoms with Crippen molar-refractivity contribution in [3.05, 3.63) is 64.7 Å². The second-order valence-corrected chi connectivity index (χ2v) is 8.58. The first-order valence-electron chi connectivity index (χ1n) is 7.86. The fourth-order valence-electron chi connectivity index (χ4n) is 2.89. The lowest BCUT2D eigenvalue weighted by Crippen LogP contribution is -2.25. The molecule has 1 heterocycles. The van der Waals surface area contributed by atoms with Crippen LogP contribution in [-0.2, 0) is 10.0 Å². The summed E-state index contributed by atoms with van der Waals surface area (Å²) in [6, 6.07) is 14.8. The maximum Gasteiger partial charge on any atom is 0.247 e. The fourth-order valence-corrected chi connectivity index (χ4v) is 4.00. The fraction of sp³-hybridized carbons (Fsp3) is 0.278. The van der Waals surface area contributed by atoms with Crippen molar-refractivity contribution in [3.8, 4) is 0 Å². The van der Waals surface area contributed by atoms with Crippen molar-refractivity contribution in [2.45, 2.75) is 12.5 Å². The SMILES string of the molecule is CN(C)c1cccc(C2=NN(S(C)(=O)=O)[C@H](c3cccc(Cl)c3)C2)c1. The van der Waals surface area contributed by atoms with Gasteiger partial charge in [-0.1, -0.05) is 35.9 Å². The Bertz CT molecular complexity index is 925. The van der Waals surface area contributed by atoms with E-state index in [1.54, 1.807) is 12.1 Å². The van der Waals surface area contributed by atoms with Crippen LogP contribution in [0.3, 0.4) is 0 Å². The zero-order valence-electron chi connectivity index (χ0n) is 14.3. The predicted octanol–water partition coefficient (Wildman–Crippen LogP) is 3.52. The first-order valence-corrected chi connectivity index (χ1v) is 10.1. The summed E-state index contributed by atoms with van der Waals surface area (Å²) in [4.78, 5) is 2.00. The maximum absolute atomic E-state index is 12.2. The van der Waals surface area contributed by atoms with Crippen LogP contribution in [0.5, 0.6) is 0 Å². The van der Waals surface area contributed by atoms with Gasteiger partial charge in [-0.15, -0.1) is 0 Å². The highest BCUT2D eigenvalue weighted by atomic mass is 35.5. The number of anilines is 1. The first-order chi connectivity index (χ1) is 11.8. The Labute approximate surface area is 153 Å². The van der Waals surface area contributed by atoms with E-state index in [-0.39, 0.29) is 6.04 Å². The molecular formula is C18H20ClN3O2S. The molecule has 0 radical (unpaired) electrons. The molecule has 0 saturated heterocycles. The Balaban J connectivity index is 2.01. The van der Waals surface area contributed by atoms with Crippen LogP contribution >= 0.6 is 11.6 Å². The van der Waals surface area contributed by atoms with E-state index in [9.17, 15) is 8.42 Å². The third kappa shape index (κ3) is 3.80. The molecule has 0 bridgehead atoms. The Morgan fingerprint density at radius 2 is 1.88 bits per heavy atom. The third-order valence-electron chi connectivity index (χ3n) is 4.14. The molecule has 0 saturated carbocycles. The zero-order chi connectivity index (χ0) is 18.2. The molecule has 0 fully saturated rings. The van der Waals surface area contributed by atoms with Gasteiger partial charge in [-0.2, -0.15) is 9.52 Å². The van der Waals surface area contributed by atoms with E-state index in [1.165, 1.54) is 10.7 Å². The van der Waals surface area contributed by atoms with Crippen molar-refractivity contribution in [2.24, 2.45) is 5.10 Å². The van der Waals surface area contributed by atoms with Gasteiger partial charge in [0, 0.05) is 31.2 Å². The van der Waals surface area contributed by atoms with E-state index in [0.29, 0.717) is 11.4 Å². The second kappa shape index (κ2) is 6.69. The summed E-state index contributed by atoms with van der Waals surface area (Å²) in [5.41, 5.74) is 3.54. The summed E-state index contributed by atoms with van der Waals surface area (Å²) in [7, 11) is 0.443. The van der Waals surface area contributed by atoms with Crippen LogP contribution in [0.1, 0.15) is 23.6 Å². The summed E-state index contributed by atoms with van der Waals surface area (Å²) in [6.07, 6.45) is 1.68. The van der Waals surface area contributed by atoms with E-state index in [2.05, 4.69) is 5.10 Å². The van der Waals surface area contributed by atoms with E-state index < -0.39 is 10.0 Å². The van der Waals surface area contributed by atoms with Crippen LogP contribution in [0.15, 0.2) is 53.6 Å². The van der Waals surface area contributed by atoms with Crippen molar-refractivity contribution in [1.82, 2.24) is 4.41 Å². The number of nitrogens with zero attached hydrogens (tertiary/aromatic N) is 3. The van der Waals surface area contributed by atoms with Crippen LogP contribution in [0, 0.1) is 0 Å². The molecule has 0 amide bonds. The quantitative estimate of drug-likeness (QED) is 0.819. The van der Waals surface area contributed by atoms with Crippen LogP contribution in [0.25, 0.3) is 0 Å². The van der Waals surface area contributed by atoms with Crippen LogP contribution in [0.4, 0.5) is 5.69 Å². The van der Waals surface area contributed by atoms with Gasteiger partial charge >= 0.3 is 0 Å². The molecule has 132 valence electrons. The van der Waals surface area contributed by atoms with Crippen molar-refractivity contribution < 1.29 is 8.42 Å². The zero-order valence-corrected chi connectivity index (χ0v) is 15.9. The molecule has 0 unspecified atom stereocenters. The van der Waals surface area contributed by atoms with Crippen molar-refractivity contribution >= 4 is 33.0 Å². The maximum atomic E-state index is 12.2. The number of halogens is 1. The Morgan fingerprint density at radius 3 is 2.52 bits per heavy atom. The lowest BCUT2D eigenvalue weighted by Gasteiger charge is -2.21. The van der Waals surface area contributed by atoms with E-state index in [0.717, 1.165) is 22.5 Å². The van der Waals surface area contributed by atoms with Gasteiger partial charge in [0.05, 0.1) is 18.0 Å². The number of hydrazone groups is 1. The molecule has 7 heteroatoms. The van der Waals surface area contributed by atoms with Crippen LogP contribution in [0.2, 0.25) is 5.02 Å². The number of sulfonamides is 1. The minimum atomic E-state index is -3.49. The van der Waals surface area contributed by atoms with Crippen molar-refractivity contribution in [1.29, 1.82) is 0 Å². The average molecular weight is 378 g/mol. The van der Waals surface area contributed by atoms with Gasteiger partial charge in [0.15, 0.2) is 0 Å². The standard InChI is InChI=1S/C18H20ClN3O2S/c1-21(2)16-9-5-6-13(11-16)17-12-18(22(20-17)25(3,23)24)14-7-4-8-15(19)10-14/h4-11,18H,12H2,1-3H3/t18-/m0/s1. The van der Waals surface area contributed by atoms with Gasteiger partial charge in [0.2, 0.25) is 10.0 Å². The van der Waals surface area contributed by atoms with Gasteiger partial charge in [-0.3, -0.25) is 0 Å². The highest BCUT2D eigenvalue weighted by molar-refractivity contribution is 7.88. The van der Waals surface area contributed by atoms with Crippen molar-refractivity contribution in [2.75, 3.05) is 25.3 Å². The molecule has 25 heavy (non-hydrogen) atoms. The van der Waals surface area contributed by atoms with Gasteiger partial charge in [0.1, 0.15) is 0 Å². The number of rotatable bonds is 4. The van der Waals surface area contributed by atoms with Gasteiger partial charge in [0.25, 0.3) is 0 Å². The summed E-state index contributed by atoms with van der Waals surface area (Å²) < 4.78 is 25.7. The van der Waals surface area contributed by atoms with E-state index in [4.69, 9.17) is 11.6 Å². The Kier molecular flexibility index (Phi) is 4.75. The molecule has 5 nitrogen and oxygen atoms in total. The molecular weight excluding hydrogens is 358 g/mol. The molecule has 0 aromatic heterocycles. The van der Waals surface area contributed by atoms with Gasteiger partial charge in [-0.05, 0) is 35.4 Å². The van der Waals surface area contributed by atoms with Gasteiger partial charge < -0.3 is 4.90 Å². The molecule has 0 spiro atoms. The van der Waals surface area contributed by atoms with Crippen molar-refractivity contribution in [3.63, 3.8) is 0 Å². The molecule has 0 aliphatic carbocycles. The highest BCUT2D eigenvalue weighted by Gasteiger charge is 2.34. The normalized spacial score (nSPS) is 17.5. The molecule has 2 aromatic carbocycles. The number of hydrogen-bond acceptors (Lipinski definition) is 4. The smallest absolute Gasteiger partial charge is 0.247 e. The summed E-state index contributed by atoms with van der Waals surface area (Å²) in [5.74, 6) is 0. The van der Waals surface area contributed by atoms with E-state index in [1.807, 2.05) is 55.4 Å². The van der Waals surface area contributed by atoms with Crippen LogP contribution in [-0.4, -0.2) is 38.9 Å². The minimum absolute atomic E-state index is 0.383. The molecule has 0 N–H and O–H groups in total. The molecule has 1 aliphatic rings. The molecule has 2 aromatic rings. The number of benzene rings is 2. The lowest BCUT2D eigenvalue weighted by molar-refractivity contribution is 0.375. The lowest BCUT2D eigenvalue weighted by atomic mass is 9.99. The van der Waals surface area contributed by atoms with E-state index >= 15 is 0 Å². The summed E-state index contributed by atoms with van der Waals surface area (Å²) in [5, 5.41) is 5.00.